The Morgan fingerprint density at radius 3 is 2.69 bits per heavy atom. The number of carbonyl (C=O) groups is 3. The zero-order valence-electron chi connectivity index (χ0n) is 18.6. The number of para-hydroxylation sites is 2. The molecule has 0 bridgehead atoms. The smallest absolute Gasteiger partial charge is 0.305 e. The number of hydrogen-bond acceptors (Lipinski definition) is 9. The first-order valence-corrected chi connectivity index (χ1v) is 11.7. The van der Waals surface area contributed by atoms with E-state index in [4.69, 9.17) is 19.3 Å². The Labute approximate surface area is 213 Å². The quantitative estimate of drug-likeness (QED) is 0.294. The second kappa shape index (κ2) is 12.2. The second-order valence-electron chi connectivity index (χ2n) is 6.91. The van der Waals surface area contributed by atoms with Gasteiger partial charge in [0, 0.05) is 0 Å². The molecule has 2 aromatic rings. The van der Waals surface area contributed by atoms with E-state index in [0.717, 1.165) is 11.8 Å². The number of amidine groups is 1. The minimum atomic E-state index is -1.07. The van der Waals surface area contributed by atoms with Crippen LogP contribution in [-0.4, -0.2) is 60.3 Å². The summed E-state index contributed by atoms with van der Waals surface area (Å²) in [6, 6.07) is 10.3. The number of ether oxygens (including phenoxy) is 3. The Morgan fingerprint density at radius 2 is 1.97 bits per heavy atom. The molecule has 0 aromatic heterocycles. The molecule has 1 saturated heterocycles. The first-order valence-electron chi connectivity index (χ1n) is 10.0. The largest absolute Gasteiger partial charge is 0.495 e. The number of anilines is 1. The van der Waals surface area contributed by atoms with E-state index in [-0.39, 0.29) is 24.1 Å². The third-order valence-corrected chi connectivity index (χ3v) is 6.13. The van der Waals surface area contributed by atoms with Gasteiger partial charge in [0.2, 0.25) is 5.91 Å². The summed E-state index contributed by atoms with van der Waals surface area (Å²) < 4.78 is 16.8. The molecular formula is C22H21BrN4O7S. The number of carbonyl (C=O) groups excluding carboxylic acids is 2. The molecule has 3 N–H and O–H groups in total. The molecule has 13 heteroatoms. The van der Waals surface area contributed by atoms with E-state index in [1.165, 1.54) is 20.4 Å². The Morgan fingerprint density at radius 1 is 1.23 bits per heavy atom. The van der Waals surface area contributed by atoms with Crippen LogP contribution in [0.2, 0.25) is 0 Å². The summed E-state index contributed by atoms with van der Waals surface area (Å²) in [5.74, 6) is -0.683. The van der Waals surface area contributed by atoms with Crippen molar-refractivity contribution in [2.75, 3.05) is 26.1 Å². The minimum absolute atomic E-state index is 0.213. The molecular weight excluding hydrogens is 544 g/mol. The standard InChI is InChI=1S/C22H21BrN4O7S/c1-32-15-6-4-3-5-14(15)25-18(28)11-34-20-13(23)7-12(8-16(20)33-2)10-24-27-22-26-21(31)17(35-22)9-19(29)30/h3-8,10,17H,9,11H2,1-2H3,(H,25,28)(H,29,30)(H,26,27,31). The lowest BCUT2D eigenvalue weighted by molar-refractivity contribution is -0.138. The molecule has 1 fully saturated rings. The van der Waals surface area contributed by atoms with Gasteiger partial charge in [-0.3, -0.25) is 14.4 Å². The van der Waals surface area contributed by atoms with Crippen LogP contribution in [0.5, 0.6) is 17.2 Å². The molecule has 0 saturated carbocycles. The van der Waals surface area contributed by atoms with Crippen molar-refractivity contribution in [3.05, 3.63) is 46.4 Å². The van der Waals surface area contributed by atoms with Gasteiger partial charge in [-0.1, -0.05) is 23.9 Å². The molecule has 35 heavy (non-hydrogen) atoms. The molecule has 2 aromatic carbocycles. The van der Waals surface area contributed by atoms with Crippen molar-refractivity contribution in [1.29, 1.82) is 0 Å². The molecule has 1 aliphatic rings. The van der Waals surface area contributed by atoms with Crippen LogP contribution in [-0.2, 0) is 14.4 Å². The van der Waals surface area contributed by atoms with Crippen LogP contribution in [0.25, 0.3) is 0 Å². The Kier molecular flexibility index (Phi) is 9.09. The van der Waals surface area contributed by atoms with Crippen LogP contribution in [0, 0.1) is 0 Å². The predicted octanol–water partition coefficient (Wildman–Crippen LogP) is 2.88. The number of rotatable bonds is 10. The SMILES string of the molecule is COc1ccccc1NC(=O)COc1c(Br)cc(C=NN=C2NC(=O)C(CC(=O)O)S2)cc1OC. The normalized spacial score (nSPS) is 16.3. The maximum atomic E-state index is 12.4. The number of carboxylic acid groups (broad SMARTS) is 1. The van der Waals surface area contributed by atoms with Crippen molar-refractivity contribution < 1.29 is 33.7 Å². The van der Waals surface area contributed by atoms with Crippen LogP contribution in [0.4, 0.5) is 5.69 Å². The van der Waals surface area contributed by atoms with Gasteiger partial charge in [0.1, 0.15) is 11.0 Å². The summed E-state index contributed by atoms with van der Waals surface area (Å²) in [5.41, 5.74) is 1.12. The highest BCUT2D eigenvalue weighted by molar-refractivity contribution is 9.10. The van der Waals surface area contributed by atoms with Gasteiger partial charge >= 0.3 is 5.97 Å². The summed E-state index contributed by atoms with van der Waals surface area (Å²) in [5, 5.41) is 21.4. The number of aliphatic carboxylic acids is 1. The van der Waals surface area contributed by atoms with E-state index >= 15 is 0 Å². The van der Waals surface area contributed by atoms with Gasteiger partial charge in [0.15, 0.2) is 23.3 Å². The second-order valence-corrected chi connectivity index (χ2v) is 8.96. The maximum Gasteiger partial charge on any atom is 0.305 e. The maximum absolute atomic E-state index is 12.4. The summed E-state index contributed by atoms with van der Waals surface area (Å²) in [7, 11) is 2.97. The van der Waals surface area contributed by atoms with Crippen molar-refractivity contribution in [2.45, 2.75) is 11.7 Å². The summed E-state index contributed by atoms with van der Waals surface area (Å²) in [6.07, 6.45) is 1.12. The molecule has 0 spiro atoms. The fraction of sp³-hybridized carbons (Fsp3) is 0.227. The number of benzene rings is 2. The number of halogens is 1. The average Bonchev–Trinajstić information content (AvgIpc) is 3.16. The number of methoxy groups -OCH3 is 2. The van der Waals surface area contributed by atoms with Crippen molar-refractivity contribution in [2.24, 2.45) is 10.2 Å². The first-order chi connectivity index (χ1) is 16.8. The summed E-state index contributed by atoms with van der Waals surface area (Å²) in [6.45, 7) is -0.275. The highest BCUT2D eigenvalue weighted by atomic mass is 79.9. The highest BCUT2D eigenvalue weighted by Gasteiger charge is 2.32. The lowest BCUT2D eigenvalue weighted by Gasteiger charge is -2.14. The highest BCUT2D eigenvalue weighted by Crippen LogP contribution is 2.36. The van der Waals surface area contributed by atoms with E-state index in [9.17, 15) is 14.4 Å². The molecule has 2 amide bonds. The Hall–Kier alpha value is -3.58. The number of hydrogen-bond donors (Lipinski definition) is 3. The zero-order chi connectivity index (χ0) is 25.4. The molecule has 1 atom stereocenters. The fourth-order valence-electron chi connectivity index (χ4n) is 2.92. The number of nitrogens with one attached hydrogen (secondary N) is 2. The van der Waals surface area contributed by atoms with Crippen LogP contribution in [0.15, 0.2) is 51.1 Å². The van der Waals surface area contributed by atoms with Crippen molar-refractivity contribution in [1.82, 2.24) is 5.32 Å². The van der Waals surface area contributed by atoms with Crippen LogP contribution in [0.1, 0.15) is 12.0 Å². The number of thioether (sulfide) groups is 1. The van der Waals surface area contributed by atoms with Crippen molar-refractivity contribution >= 4 is 62.5 Å². The Bertz CT molecular complexity index is 1190. The number of amides is 2. The van der Waals surface area contributed by atoms with Crippen molar-refractivity contribution in [3.63, 3.8) is 0 Å². The lowest BCUT2D eigenvalue weighted by Crippen LogP contribution is -2.26. The average molecular weight is 565 g/mol. The van der Waals surface area contributed by atoms with Gasteiger partial charge in [0.25, 0.3) is 5.91 Å². The summed E-state index contributed by atoms with van der Waals surface area (Å²) >= 11 is 4.41. The van der Waals surface area contributed by atoms with E-state index in [2.05, 4.69) is 36.8 Å². The Balaban J connectivity index is 1.64. The molecule has 1 heterocycles. The molecule has 1 unspecified atom stereocenters. The lowest BCUT2D eigenvalue weighted by atomic mass is 10.2. The first kappa shape index (κ1) is 26.0. The molecule has 11 nitrogen and oxygen atoms in total. The van der Waals surface area contributed by atoms with E-state index in [1.54, 1.807) is 36.4 Å². The molecule has 1 aliphatic heterocycles. The van der Waals surface area contributed by atoms with Gasteiger partial charge in [-0.15, -0.1) is 5.10 Å². The molecule has 3 rings (SSSR count). The van der Waals surface area contributed by atoms with Gasteiger partial charge in [0.05, 0.1) is 37.0 Å². The molecule has 0 aliphatic carbocycles. The van der Waals surface area contributed by atoms with E-state index in [0.29, 0.717) is 33.0 Å². The molecule has 184 valence electrons. The third kappa shape index (κ3) is 7.20. The monoisotopic (exact) mass is 564 g/mol. The zero-order valence-corrected chi connectivity index (χ0v) is 21.0. The predicted molar refractivity (Wildman–Crippen MR) is 135 cm³/mol. The fourth-order valence-corrected chi connectivity index (χ4v) is 4.41. The van der Waals surface area contributed by atoms with Crippen LogP contribution in [0.3, 0.4) is 0 Å². The van der Waals surface area contributed by atoms with Gasteiger partial charge in [-0.05, 0) is 45.8 Å². The summed E-state index contributed by atoms with van der Waals surface area (Å²) in [4.78, 5) is 34.9. The topological polar surface area (TPSA) is 148 Å². The van der Waals surface area contributed by atoms with Crippen molar-refractivity contribution in [3.8, 4) is 17.2 Å². The van der Waals surface area contributed by atoms with Gasteiger partial charge < -0.3 is 30.0 Å². The van der Waals surface area contributed by atoms with E-state index in [1.807, 2.05) is 0 Å². The number of carboxylic acids is 1. The molecule has 0 radical (unpaired) electrons. The van der Waals surface area contributed by atoms with Crippen LogP contribution >= 0.6 is 27.7 Å². The van der Waals surface area contributed by atoms with Crippen LogP contribution < -0.4 is 24.8 Å². The number of nitrogens with zero attached hydrogens (tertiary/aromatic N) is 2. The van der Waals surface area contributed by atoms with Gasteiger partial charge in [-0.25, -0.2) is 0 Å². The minimum Gasteiger partial charge on any atom is -0.495 e. The third-order valence-electron chi connectivity index (χ3n) is 4.47. The van der Waals surface area contributed by atoms with E-state index < -0.39 is 17.1 Å². The van der Waals surface area contributed by atoms with Gasteiger partial charge in [-0.2, -0.15) is 5.10 Å².